The van der Waals surface area contributed by atoms with Crippen molar-refractivity contribution in [1.29, 1.82) is 0 Å². The zero-order chi connectivity index (χ0) is 16.7. The Morgan fingerprint density at radius 2 is 1.61 bits per heavy atom. The lowest BCUT2D eigenvalue weighted by Gasteiger charge is -2.06. The second-order valence-electron chi connectivity index (χ2n) is 5.12. The van der Waals surface area contributed by atoms with Gasteiger partial charge in [0.2, 0.25) is 5.91 Å². The summed E-state index contributed by atoms with van der Waals surface area (Å²) in [7, 11) is 0. The van der Waals surface area contributed by atoms with E-state index in [0.717, 1.165) is 0 Å². The highest BCUT2D eigenvalue weighted by molar-refractivity contribution is 5.97. The van der Waals surface area contributed by atoms with Crippen molar-refractivity contribution >= 4 is 11.7 Å². The van der Waals surface area contributed by atoms with Gasteiger partial charge < -0.3 is 5.32 Å². The minimum absolute atomic E-state index is 0.0491. The van der Waals surface area contributed by atoms with Crippen LogP contribution in [0.25, 0.3) is 0 Å². The van der Waals surface area contributed by atoms with Gasteiger partial charge in [-0.1, -0.05) is 18.2 Å². The molecule has 2 rings (SSSR count). The molecular weight excluding hydrogens is 300 g/mol. The number of benzene rings is 2. The fourth-order valence-corrected chi connectivity index (χ4v) is 2.13. The van der Waals surface area contributed by atoms with E-state index in [2.05, 4.69) is 5.32 Å². The lowest BCUT2D eigenvalue weighted by molar-refractivity contribution is -0.121. The van der Waals surface area contributed by atoms with Crippen molar-refractivity contribution in [2.75, 3.05) is 6.54 Å². The van der Waals surface area contributed by atoms with Gasteiger partial charge in [0.15, 0.2) is 5.78 Å². The molecule has 0 unspecified atom stereocenters. The van der Waals surface area contributed by atoms with Gasteiger partial charge in [-0.25, -0.2) is 8.78 Å². The quantitative estimate of drug-likeness (QED) is 0.797. The van der Waals surface area contributed by atoms with E-state index in [4.69, 9.17) is 0 Å². The number of carbonyl (C=O) groups is 2. The van der Waals surface area contributed by atoms with Crippen LogP contribution in [0, 0.1) is 11.6 Å². The van der Waals surface area contributed by atoms with Crippen LogP contribution in [0.2, 0.25) is 0 Å². The molecule has 1 amide bonds. The molecular formula is C18H17F2NO2. The summed E-state index contributed by atoms with van der Waals surface area (Å²) in [6.07, 6.45) is 0.495. The summed E-state index contributed by atoms with van der Waals surface area (Å²) in [5, 5.41) is 2.66. The van der Waals surface area contributed by atoms with E-state index in [0.29, 0.717) is 24.1 Å². The van der Waals surface area contributed by atoms with Crippen LogP contribution in [0.15, 0.2) is 48.5 Å². The average Bonchev–Trinajstić information content (AvgIpc) is 2.55. The Labute approximate surface area is 133 Å². The van der Waals surface area contributed by atoms with Crippen LogP contribution in [0.5, 0.6) is 0 Å². The largest absolute Gasteiger partial charge is 0.356 e. The summed E-state index contributed by atoms with van der Waals surface area (Å²) in [5.74, 6) is -1.19. The smallest absolute Gasteiger partial charge is 0.220 e. The van der Waals surface area contributed by atoms with Crippen LogP contribution in [0.3, 0.4) is 0 Å². The van der Waals surface area contributed by atoms with Crippen molar-refractivity contribution in [2.45, 2.75) is 19.3 Å². The Hall–Kier alpha value is -2.56. The Bertz CT molecular complexity index is 684. The maximum absolute atomic E-state index is 13.4. The van der Waals surface area contributed by atoms with Crippen molar-refractivity contribution in [3.63, 3.8) is 0 Å². The fraction of sp³-hybridized carbons (Fsp3) is 0.222. The molecule has 0 bridgehead atoms. The number of ketones is 1. The summed E-state index contributed by atoms with van der Waals surface area (Å²) in [6.45, 7) is 0.310. The van der Waals surface area contributed by atoms with E-state index >= 15 is 0 Å². The molecule has 0 spiro atoms. The molecule has 3 nitrogen and oxygen atoms in total. The molecule has 2 aromatic rings. The number of hydrogen-bond acceptors (Lipinski definition) is 2. The highest BCUT2D eigenvalue weighted by Gasteiger charge is 2.09. The van der Waals surface area contributed by atoms with Crippen LogP contribution in [-0.4, -0.2) is 18.2 Å². The standard InChI is InChI=1S/C18H17F2NO2/c19-15-7-5-14(6-8-15)17(22)9-10-18(23)21-12-11-13-3-1-2-4-16(13)20/h1-8H,9-12H2,(H,21,23). The number of nitrogens with one attached hydrogen (secondary N) is 1. The molecule has 0 radical (unpaired) electrons. The molecule has 2 aromatic carbocycles. The lowest BCUT2D eigenvalue weighted by atomic mass is 10.1. The lowest BCUT2D eigenvalue weighted by Crippen LogP contribution is -2.26. The number of Topliss-reactive ketones (excluding diaryl/α,β-unsaturated/α-hetero) is 1. The van der Waals surface area contributed by atoms with E-state index in [-0.39, 0.29) is 30.3 Å². The minimum atomic E-state index is -0.410. The Kier molecular flexibility index (Phi) is 5.97. The first-order valence-electron chi connectivity index (χ1n) is 7.35. The molecule has 0 saturated heterocycles. The van der Waals surface area contributed by atoms with E-state index in [9.17, 15) is 18.4 Å². The van der Waals surface area contributed by atoms with Gasteiger partial charge in [-0.15, -0.1) is 0 Å². The van der Waals surface area contributed by atoms with Crippen LogP contribution >= 0.6 is 0 Å². The third-order valence-electron chi connectivity index (χ3n) is 3.42. The van der Waals surface area contributed by atoms with Gasteiger partial charge in [-0.05, 0) is 42.3 Å². The molecule has 0 aliphatic heterocycles. The van der Waals surface area contributed by atoms with Crippen LogP contribution in [-0.2, 0) is 11.2 Å². The molecule has 0 heterocycles. The van der Waals surface area contributed by atoms with Crippen molar-refractivity contribution in [1.82, 2.24) is 5.32 Å². The molecule has 23 heavy (non-hydrogen) atoms. The maximum Gasteiger partial charge on any atom is 0.220 e. The van der Waals surface area contributed by atoms with Crippen molar-refractivity contribution in [3.8, 4) is 0 Å². The predicted molar refractivity (Wildman–Crippen MR) is 83.1 cm³/mol. The first-order valence-corrected chi connectivity index (χ1v) is 7.35. The van der Waals surface area contributed by atoms with Crippen LogP contribution < -0.4 is 5.32 Å². The van der Waals surface area contributed by atoms with Gasteiger partial charge >= 0.3 is 0 Å². The van der Waals surface area contributed by atoms with Crippen LogP contribution in [0.4, 0.5) is 8.78 Å². The molecule has 5 heteroatoms. The Balaban J connectivity index is 1.72. The van der Waals surface area contributed by atoms with Crippen molar-refractivity contribution in [3.05, 3.63) is 71.3 Å². The molecule has 120 valence electrons. The monoisotopic (exact) mass is 317 g/mol. The van der Waals surface area contributed by atoms with Gasteiger partial charge in [0, 0.05) is 24.9 Å². The van der Waals surface area contributed by atoms with E-state index in [1.165, 1.54) is 30.3 Å². The average molecular weight is 317 g/mol. The van der Waals surface area contributed by atoms with Gasteiger partial charge in [0.25, 0.3) is 0 Å². The van der Waals surface area contributed by atoms with Crippen molar-refractivity contribution in [2.24, 2.45) is 0 Å². The number of carbonyl (C=O) groups excluding carboxylic acids is 2. The number of hydrogen-bond donors (Lipinski definition) is 1. The van der Waals surface area contributed by atoms with Gasteiger partial charge in [-0.3, -0.25) is 9.59 Å². The number of rotatable bonds is 7. The molecule has 0 saturated carbocycles. The second-order valence-corrected chi connectivity index (χ2v) is 5.12. The number of halogens is 2. The zero-order valence-electron chi connectivity index (χ0n) is 12.5. The van der Waals surface area contributed by atoms with Gasteiger partial charge in [-0.2, -0.15) is 0 Å². The summed E-state index contributed by atoms with van der Waals surface area (Å²) in [5.41, 5.74) is 0.917. The molecule has 0 aliphatic carbocycles. The van der Waals surface area contributed by atoms with E-state index < -0.39 is 5.82 Å². The van der Waals surface area contributed by atoms with Crippen LogP contribution in [0.1, 0.15) is 28.8 Å². The van der Waals surface area contributed by atoms with Gasteiger partial charge in [0.05, 0.1) is 0 Å². The molecule has 0 aromatic heterocycles. The van der Waals surface area contributed by atoms with Gasteiger partial charge in [0.1, 0.15) is 11.6 Å². The normalized spacial score (nSPS) is 10.3. The Morgan fingerprint density at radius 1 is 0.913 bits per heavy atom. The minimum Gasteiger partial charge on any atom is -0.356 e. The van der Waals surface area contributed by atoms with E-state index in [1.807, 2.05) is 0 Å². The summed E-state index contributed by atoms with van der Waals surface area (Å²) in [6, 6.07) is 11.6. The highest BCUT2D eigenvalue weighted by Crippen LogP contribution is 2.08. The molecule has 0 atom stereocenters. The fourth-order valence-electron chi connectivity index (χ4n) is 2.13. The molecule has 1 N–H and O–H groups in total. The topological polar surface area (TPSA) is 46.2 Å². The second kappa shape index (κ2) is 8.17. The first kappa shape index (κ1) is 16.8. The predicted octanol–water partition coefficient (Wildman–Crippen LogP) is 3.29. The molecule has 0 fully saturated rings. The third-order valence-corrected chi connectivity index (χ3v) is 3.42. The summed E-state index contributed by atoms with van der Waals surface area (Å²) < 4.78 is 26.2. The SMILES string of the molecule is O=C(CCC(=O)c1ccc(F)cc1)NCCc1ccccc1F. The van der Waals surface area contributed by atoms with Crippen molar-refractivity contribution < 1.29 is 18.4 Å². The summed E-state index contributed by atoms with van der Waals surface area (Å²) in [4.78, 5) is 23.5. The summed E-state index contributed by atoms with van der Waals surface area (Å²) >= 11 is 0. The zero-order valence-corrected chi connectivity index (χ0v) is 12.5. The number of amides is 1. The van der Waals surface area contributed by atoms with E-state index in [1.54, 1.807) is 18.2 Å². The Morgan fingerprint density at radius 3 is 2.30 bits per heavy atom. The maximum atomic E-state index is 13.4. The third kappa shape index (κ3) is 5.29. The molecule has 0 aliphatic rings. The first-order chi connectivity index (χ1) is 11.1. The highest BCUT2D eigenvalue weighted by atomic mass is 19.1.